The molecule has 2 heteroatoms. The Hall–Kier alpha value is -1.85. The molecule has 1 aromatic carbocycles. The zero-order chi connectivity index (χ0) is 11.4. The summed E-state index contributed by atoms with van der Waals surface area (Å²) >= 11 is 1.44. The molecular weight excluding hydrogens is 216 g/mol. The fourth-order valence-electron chi connectivity index (χ4n) is 1.34. The summed E-state index contributed by atoms with van der Waals surface area (Å²) in [4.78, 5) is 12.0. The zero-order valence-electron chi connectivity index (χ0n) is 8.86. The number of ketones is 1. The highest BCUT2D eigenvalue weighted by Crippen LogP contribution is 2.16. The average Bonchev–Trinajstić information content (AvgIpc) is 2.76. The lowest BCUT2D eigenvalue weighted by molar-refractivity contribution is 0.102. The number of benzene rings is 1. The van der Waals surface area contributed by atoms with Crippen LogP contribution in [-0.4, -0.2) is 5.78 Å². The van der Waals surface area contributed by atoms with Crippen LogP contribution in [0.4, 0.5) is 0 Å². The van der Waals surface area contributed by atoms with E-state index in [1.807, 2.05) is 41.8 Å². The van der Waals surface area contributed by atoms with Crippen molar-refractivity contribution in [3.05, 3.63) is 57.8 Å². The molecule has 1 aromatic heterocycles. The summed E-state index contributed by atoms with van der Waals surface area (Å²) < 4.78 is 0. The van der Waals surface area contributed by atoms with Crippen molar-refractivity contribution in [3.8, 4) is 11.8 Å². The SMILES string of the molecule is CC(=O)c1sccc1C#Cc1ccccc1. The highest BCUT2D eigenvalue weighted by molar-refractivity contribution is 7.12. The molecular formula is C14H10OS. The number of carbonyl (C=O) groups excluding carboxylic acids is 1. The fourth-order valence-corrected chi connectivity index (χ4v) is 2.09. The van der Waals surface area contributed by atoms with Crippen LogP contribution < -0.4 is 0 Å². The molecule has 2 rings (SSSR count). The number of thiophene rings is 1. The van der Waals surface area contributed by atoms with Gasteiger partial charge in [-0.3, -0.25) is 4.79 Å². The molecule has 0 saturated heterocycles. The maximum atomic E-state index is 11.3. The fraction of sp³-hybridized carbons (Fsp3) is 0.0714. The van der Waals surface area contributed by atoms with Gasteiger partial charge in [0, 0.05) is 11.1 Å². The van der Waals surface area contributed by atoms with Crippen molar-refractivity contribution in [2.75, 3.05) is 0 Å². The van der Waals surface area contributed by atoms with Crippen LogP contribution in [0.15, 0.2) is 41.8 Å². The van der Waals surface area contributed by atoms with E-state index in [-0.39, 0.29) is 5.78 Å². The molecule has 16 heavy (non-hydrogen) atoms. The molecule has 0 aliphatic heterocycles. The van der Waals surface area contributed by atoms with E-state index in [4.69, 9.17) is 0 Å². The third-order valence-corrected chi connectivity index (χ3v) is 3.12. The average molecular weight is 226 g/mol. The second kappa shape index (κ2) is 4.78. The predicted molar refractivity (Wildman–Crippen MR) is 66.7 cm³/mol. The van der Waals surface area contributed by atoms with Crippen LogP contribution in [0.2, 0.25) is 0 Å². The van der Waals surface area contributed by atoms with Gasteiger partial charge >= 0.3 is 0 Å². The number of rotatable bonds is 1. The van der Waals surface area contributed by atoms with E-state index in [2.05, 4.69) is 11.8 Å². The van der Waals surface area contributed by atoms with Gasteiger partial charge in [-0.05, 0) is 30.5 Å². The molecule has 0 amide bonds. The van der Waals surface area contributed by atoms with Crippen molar-refractivity contribution < 1.29 is 4.79 Å². The molecule has 0 aliphatic rings. The molecule has 0 saturated carbocycles. The first-order valence-corrected chi connectivity index (χ1v) is 5.81. The lowest BCUT2D eigenvalue weighted by atomic mass is 10.2. The van der Waals surface area contributed by atoms with Gasteiger partial charge in [-0.15, -0.1) is 11.3 Å². The molecule has 1 heterocycles. The van der Waals surface area contributed by atoms with E-state index < -0.39 is 0 Å². The summed E-state index contributed by atoms with van der Waals surface area (Å²) in [7, 11) is 0. The van der Waals surface area contributed by atoms with Gasteiger partial charge in [-0.1, -0.05) is 30.0 Å². The lowest BCUT2D eigenvalue weighted by Gasteiger charge is -1.90. The minimum Gasteiger partial charge on any atom is -0.294 e. The van der Waals surface area contributed by atoms with Crippen LogP contribution in [0, 0.1) is 11.8 Å². The predicted octanol–water partition coefficient (Wildman–Crippen LogP) is 3.35. The first-order valence-electron chi connectivity index (χ1n) is 4.93. The molecule has 0 radical (unpaired) electrons. The van der Waals surface area contributed by atoms with Gasteiger partial charge in [0.25, 0.3) is 0 Å². The summed E-state index contributed by atoms with van der Waals surface area (Å²) in [6.07, 6.45) is 0. The van der Waals surface area contributed by atoms with Gasteiger partial charge in [0.05, 0.1) is 4.88 Å². The van der Waals surface area contributed by atoms with Gasteiger partial charge < -0.3 is 0 Å². The van der Waals surface area contributed by atoms with Gasteiger partial charge in [0.1, 0.15) is 0 Å². The quantitative estimate of drug-likeness (QED) is 0.538. The highest BCUT2D eigenvalue weighted by Gasteiger charge is 2.05. The molecule has 1 nitrogen and oxygen atoms in total. The number of hydrogen-bond donors (Lipinski definition) is 0. The van der Waals surface area contributed by atoms with Gasteiger partial charge in [0.2, 0.25) is 0 Å². The Bertz CT molecular complexity index is 555. The first kappa shape index (κ1) is 10.7. The molecule has 0 atom stereocenters. The first-order chi connectivity index (χ1) is 7.77. The van der Waals surface area contributed by atoms with E-state index in [1.54, 1.807) is 6.92 Å². The number of carbonyl (C=O) groups is 1. The molecule has 0 N–H and O–H groups in total. The van der Waals surface area contributed by atoms with Crippen LogP contribution in [0.3, 0.4) is 0 Å². The van der Waals surface area contributed by atoms with E-state index >= 15 is 0 Å². The van der Waals surface area contributed by atoms with Gasteiger partial charge in [-0.2, -0.15) is 0 Å². The standard InChI is InChI=1S/C14H10OS/c1-11(15)14-13(9-10-16-14)8-7-12-5-3-2-4-6-12/h2-6,9-10H,1H3. The van der Waals surface area contributed by atoms with E-state index in [0.717, 1.165) is 16.0 Å². The number of Topliss-reactive ketones (excluding diaryl/α,β-unsaturated/α-hetero) is 1. The smallest absolute Gasteiger partial charge is 0.170 e. The Kier molecular flexibility index (Phi) is 3.19. The molecule has 0 spiro atoms. The maximum absolute atomic E-state index is 11.3. The lowest BCUT2D eigenvalue weighted by Crippen LogP contribution is -1.89. The molecule has 0 fully saturated rings. The Balaban J connectivity index is 2.31. The Labute approximate surface area is 98.7 Å². The molecule has 78 valence electrons. The second-order valence-corrected chi connectivity index (χ2v) is 4.25. The topological polar surface area (TPSA) is 17.1 Å². The Morgan fingerprint density at radius 1 is 1.12 bits per heavy atom. The largest absolute Gasteiger partial charge is 0.294 e. The normalized spacial score (nSPS) is 9.31. The minimum atomic E-state index is 0.0763. The molecule has 2 aromatic rings. The monoisotopic (exact) mass is 226 g/mol. The Morgan fingerprint density at radius 2 is 1.88 bits per heavy atom. The number of hydrogen-bond acceptors (Lipinski definition) is 2. The van der Waals surface area contributed by atoms with Crippen LogP contribution in [-0.2, 0) is 0 Å². The summed E-state index contributed by atoms with van der Waals surface area (Å²) in [6, 6.07) is 11.6. The molecule has 0 bridgehead atoms. The zero-order valence-corrected chi connectivity index (χ0v) is 9.67. The summed E-state index contributed by atoms with van der Waals surface area (Å²) in [6.45, 7) is 1.57. The molecule has 0 aliphatic carbocycles. The van der Waals surface area contributed by atoms with Crippen molar-refractivity contribution in [1.82, 2.24) is 0 Å². The van der Waals surface area contributed by atoms with Crippen LogP contribution in [0.25, 0.3) is 0 Å². The van der Waals surface area contributed by atoms with Gasteiger partial charge in [-0.25, -0.2) is 0 Å². The molecule has 0 unspecified atom stereocenters. The third-order valence-electron chi connectivity index (χ3n) is 2.10. The van der Waals surface area contributed by atoms with E-state index in [0.29, 0.717) is 0 Å². The third kappa shape index (κ3) is 2.39. The summed E-state index contributed by atoms with van der Waals surface area (Å²) in [5, 5.41) is 1.89. The summed E-state index contributed by atoms with van der Waals surface area (Å²) in [5.41, 5.74) is 1.78. The van der Waals surface area contributed by atoms with Crippen LogP contribution in [0.1, 0.15) is 27.7 Å². The second-order valence-electron chi connectivity index (χ2n) is 3.34. The van der Waals surface area contributed by atoms with Crippen molar-refractivity contribution in [2.45, 2.75) is 6.92 Å². The Morgan fingerprint density at radius 3 is 2.56 bits per heavy atom. The van der Waals surface area contributed by atoms with Crippen LogP contribution >= 0.6 is 11.3 Å². The van der Waals surface area contributed by atoms with Crippen molar-refractivity contribution in [2.24, 2.45) is 0 Å². The minimum absolute atomic E-state index is 0.0763. The summed E-state index contributed by atoms with van der Waals surface area (Å²) in [5.74, 6) is 6.15. The highest BCUT2D eigenvalue weighted by atomic mass is 32.1. The van der Waals surface area contributed by atoms with E-state index in [9.17, 15) is 4.79 Å². The van der Waals surface area contributed by atoms with Crippen molar-refractivity contribution in [3.63, 3.8) is 0 Å². The van der Waals surface area contributed by atoms with Crippen molar-refractivity contribution in [1.29, 1.82) is 0 Å². The van der Waals surface area contributed by atoms with Crippen molar-refractivity contribution >= 4 is 17.1 Å². The van der Waals surface area contributed by atoms with Crippen LogP contribution in [0.5, 0.6) is 0 Å². The maximum Gasteiger partial charge on any atom is 0.170 e. The van der Waals surface area contributed by atoms with E-state index in [1.165, 1.54) is 11.3 Å². The van der Waals surface area contributed by atoms with Gasteiger partial charge in [0.15, 0.2) is 5.78 Å².